The number of aromatic amines is 2. The summed E-state index contributed by atoms with van der Waals surface area (Å²) in [5, 5.41) is 28.1. The topological polar surface area (TPSA) is 238 Å². The fourth-order valence-electron chi connectivity index (χ4n) is 8.31. The third-order valence-electron chi connectivity index (χ3n) is 12.7. The first-order chi connectivity index (χ1) is 35.9. The first kappa shape index (κ1) is 51.7. The predicted octanol–water partition coefficient (Wildman–Crippen LogP) is 8.40. The Morgan fingerprint density at radius 2 is 0.905 bits per heavy atom. The molecule has 388 valence electrons. The van der Waals surface area contributed by atoms with Gasteiger partial charge in [0.15, 0.2) is 21.9 Å². The van der Waals surface area contributed by atoms with Crippen LogP contribution in [0.3, 0.4) is 0 Å². The average molecular weight is 1040 g/mol. The molecule has 2 saturated carbocycles. The Balaban J connectivity index is 0.000000182. The molecule has 6 N–H and O–H groups in total. The van der Waals surface area contributed by atoms with Gasteiger partial charge in [-0.2, -0.15) is 10.2 Å². The molecule has 0 bridgehead atoms. The highest BCUT2D eigenvalue weighted by Crippen LogP contribution is 2.34. The van der Waals surface area contributed by atoms with Gasteiger partial charge in [0.1, 0.15) is 23.3 Å². The Bertz CT molecular complexity index is 2690. The number of carbonyl (C=O) groups is 4. The van der Waals surface area contributed by atoms with Crippen molar-refractivity contribution in [3.05, 3.63) is 84.2 Å². The lowest BCUT2D eigenvalue weighted by molar-refractivity contribution is -0.132. The van der Waals surface area contributed by atoms with E-state index >= 15 is 0 Å². The van der Waals surface area contributed by atoms with E-state index in [0.717, 1.165) is 82.7 Å². The van der Waals surface area contributed by atoms with Crippen LogP contribution in [0, 0.1) is 25.7 Å². The Labute approximate surface area is 439 Å². The molecule has 0 spiro atoms. The number of aromatic nitrogens is 8. The highest BCUT2D eigenvalue weighted by Gasteiger charge is 2.31. The summed E-state index contributed by atoms with van der Waals surface area (Å²) in [7, 11) is 0. The molecule has 4 amide bonds. The van der Waals surface area contributed by atoms with Gasteiger partial charge in [-0.1, -0.05) is 13.8 Å². The summed E-state index contributed by atoms with van der Waals surface area (Å²) in [5.41, 5.74) is 3.49. The van der Waals surface area contributed by atoms with Crippen molar-refractivity contribution >= 4 is 93.4 Å². The number of rotatable bonds is 18. The Morgan fingerprint density at radius 3 is 1.23 bits per heavy atom. The van der Waals surface area contributed by atoms with Crippen LogP contribution >= 0.6 is 23.5 Å². The van der Waals surface area contributed by atoms with E-state index in [1.165, 1.54) is 23.5 Å². The molecule has 4 aliphatic rings. The van der Waals surface area contributed by atoms with E-state index in [1.54, 1.807) is 0 Å². The van der Waals surface area contributed by atoms with E-state index in [2.05, 4.69) is 51.5 Å². The van der Waals surface area contributed by atoms with Gasteiger partial charge in [0.2, 0.25) is 23.6 Å². The summed E-state index contributed by atoms with van der Waals surface area (Å²) in [6.45, 7) is 13.5. The fourth-order valence-corrected chi connectivity index (χ4v) is 9.84. The molecule has 22 heteroatoms. The number of nitrogens with one attached hydrogen (secondary N) is 6. The van der Waals surface area contributed by atoms with Crippen LogP contribution in [-0.4, -0.2) is 126 Å². The fraction of sp³-hybridized carbons (Fsp3) is 0.423. The number of anilines is 8. The highest BCUT2D eigenvalue weighted by atomic mass is 32.2. The van der Waals surface area contributed by atoms with Gasteiger partial charge in [-0.15, -0.1) is 0 Å². The van der Waals surface area contributed by atoms with Crippen LogP contribution in [0.1, 0.15) is 76.6 Å². The van der Waals surface area contributed by atoms with Gasteiger partial charge < -0.3 is 40.9 Å². The second-order valence-electron chi connectivity index (χ2n) is 18.9. The molecule has 10 rings (SSSR count). The molecule has 2 aliphatic heterocycles. The summed E-state index contributed by atoms with van der Waals surface area (Å²) in [5.74, 6) is 5.24. The van der Waals surface area contributed by atoms with Crippen molar-refractivity contribution in [1.82, 2.24) is 50.1 Å². The lowest BCUT2D eigenvalue weighted by atomic mass is 10.2. The van der Waals surface area contributed by atoms with Crippen molar-refractivity contribution < 1.29 is 19.2 Å². The summed E-state index contributed by atoms with van der Waals surface area (Å²) in [6, 6.07) is 23.2. The van der Waals surface area contributed by atoms with Crippen LogP contribution in [0.2, 0.25) is 0 Å². The normalized spacial score (nSPS) is 15.5. The number of aryl methyl sites for hydroxylation is 2. The van der Waals surface area contributed by atoms with E-state index in [0.29, 0.717) is 98.8 Å². The van der Waals surface area contributed by atoms with E-state index < -0.39 is 0 Å². The molecule has 2 aliphatic carbocycles. The standard InChI is InChI=1S/2C26H32N8O2S/c2*1-3-4-24(35)34-13-11-33(12-14-34)23-16-21(28-22-15-17(2)31-32-22)29-26(30-23)37-20-9-7-19(8-10-20)27-25(36)18-5-6-18/h2*7-10,15-16,18H,3-6,11-14H2,1-2H3,(H,27,36)(H2,28,29,30,31,32). The van der Waals surface area contributed by atoms with Crippen molar-refractivity contribution in [2.45, 2.75) is 99.2 Å². The van der Waals surface area contributed by atoms with Crippen molar-refractivity contribution in [1.29, 1.82) is 0 Å². The summed E-state index contributed by atoms with van der Waals surface area (Å²) in [4.78, 5) is 78.0. The molecule has 74 heavy (non-hydrogen) atoms. The Kier molecular flexibility index (Phi) is 16.9. The maximum atomic E-state index is 12.3. The van der Waals surface area contributed by atoms with Gasteiger partial charge >= 0.3 is 0 Å². The van der Waals surface area contributed by atoms with E-state index in [-0.39, 0.29) is 35.5 Å². The number of piperazine rings is 2. The Hall–Kier alpha value is -7.20. The monoisotopic (exact) mass is 1040 g/mol. The minimum Gasteiger partial charge on any atom is -0.353 e. The molecule has 0 radical (unpaired) electrons. The molecule has 2 saturated heterocycles. The smallest absolute Gasteiger partial charge is 0.227 e. The molecule has 6 aromatic rings. The van der Waals surface area contributed by atoms with Crippen LogP contribution < -0.4 is 31.1 Å². The zero-order chi connectivity index (χ0) is 51.6. The van der Waals surface area contributed by atoms with Crippen molar-refractivity contribution in [3.63, 3.8) is 0 Å². The van der Waals surface area contributed by atoms with Crippen molar-refractivity contribution in [3.8, 4) is 0 Å². The second kappa shape index (κ2) is 24.2. The predicted molar refractivity (Wildman–Crippen MR) is 289 cm³/mol. The van der Waals surface area contributed by atoms with Crippen molar-refractivity contribution in [2.75, 3.05) is 83.4 Å². The highest BCUT2D eigenvalue weighted by molar-refractivity contribution is 7.99. The van der Waals surface area contributed by atoms with Gasteiger partial charge in [0.25, 0.3) is 0 Å². The number of hydrogen-bond acceptors (Lipinski definition) is 16. The molecule has 4 aromatic heterocycles. The molecule has 6 heterocycles. The van der Waals surface area contributed by atoms with Crippen LogP contribution in [0.4, 0.5) is 46.3 Å². The quantitative estimate of drug-likeness (QED) is 0.0443. The third-order valence-corrected chi connectivity index (χ3v) is 14.5. The molecule has 2 aromatic carbocycles. The second-order valence-corrected chi connectivity index (χ2v) is 21.0. The molecule has 20 nitrogen and oxygen atoms in total. The van der Waals surface area contributed by atoms with E-state index in [4.69, 9.17) is 19.9 Å². The summed E-state index contributed by atoms with van der Waals surface area (Å²) < 4.78 is 0. The lowest BCUT2D eigenvalue weighted by Crippen LogP contribution is -2.49. The molecule has 0 unspecified atom stereocenters. The number of carbonyl (C=O) groups excluding carboxylic acids is 4. The van der Waals surface area contributed by atoms with Crippen LogP contribution in [0.25, 0.3) is 0 Å². The zero-order valence-corrected chi connectivity index (χ0v) is 44.0. The summed E-state index contributed by atoms with van der Waals surface area (Å²) in [6.07, 6.45) is 6.82. The Morgan fingerprint density at radius 1 is 0.527 bits per heavy atom. The number of H-pyrrole nitrogens is 2. The lowest BCUT2D eigenvalue weighted by Gasteiger charge is -2.35. The van der Waals surface area contributed by atoms with Gasteiger partial charge in [-0.05, 0) is 124 Å². The van der Waals surface area contributed by atoms with Gasteiger partial charge in [0.05, 0.1) is 0 Å². The zero-order valence-electron chi connectivity index (χ0n) is 42.3. The SMILES string of the molecule is CCCC(=O)N1CCN(c2cc(Nc3cc(C)[nH]n3)nc(Sc3ccc(NC(=O)C4CC4)cc3)n2)CC1.CCCC(=O)N1CCN(c2cc(Nc3cc(C)[nH]n3)nc(Sc3ccc(NC(=O)C4CC4)cc3)n2)CC1. The van der Waals surface area contributed by atoms with E-state index in [1.807, 2.05) is 110 Å². The van der Waals surface area contributed by atoms with Crippen LogP contribution in [-0.2, 0) is 19.2 Å². The van der Waals surface area contributed by atoms with Gasteiger partial charge in [-0.25, -0.2) is 19.9 Å². The first-order valence-corrected chi connectivity index (χ1v) is 27.2. The van der Waals surface area contributed by atoms with Gasteiger partial charge in [0, 0.05) is 134 Å². The van der Waals surface area contributed by atoms with Crippen LogP contribution in [0.15, 0.2) is 92.9 Å². The number of amides is 4. The third kappa shape index (κ3) is 14.5. The molecule has 4 fully saturated rings. The van der Waals surface area contributed by atoms with Gasteiger partial charge in [-0.3, -0.25) is 29.4 Å². The van der Waals surface area contributed by atoms with Crippen LogP contribution in [0.5, 0.6) is 0 Å². The molecular weight excluding hydrogens is 977 g/mol. The number of benzene rings is 2. The number of hydrogen-bond donors (Lipinski definition) is 6. The maximum Gasteiger partial charge on any atom is 0.227 e. The molecule has 0 atom stereocenters. The first-order valence-electron chi connectivity index (χ1n) is 25.5. The largest absolute Gasteiger partial charge is 0.353 e. The number of nitrogens with zero attached hydrogens (tertiary/aromatic N) is 10. The molecular formula is C52H64N16O4S2. The average Bonchev–Trinajstić information content (AvgIpc) is 4.35. The minimum atomic E-state index is 0.0947. The minimum absolute atomic E-state index is 0.0947. The van der Waals surface area contributed by atoms with E-state index in [9.17, 15) is 19.2 Å². The van der Waals surface area contributed by atoms with Crippen molar-refractivity contribution in [2.24, 2.45) is 11.8 Å². The maximum absolute atomic E-state index is 12.3. The summed E-state index contributed by atoms with van der Waals surface area (Å²) >= 11 is 2.92.